The van der Waals surface area contributed by atoms with Gasteiger partial charge in [0.25, 0.3) is 5.91 Å². The molecular formula is C27H32N6O4. The van der Waals surface area contributed by atoms with Crippen molar-refractivity contribution in [1.82, 2.24) is 25.6 Å². The smallest absolute Gasteiger partial charge is 0.270 e. The van der Waals surface area contributed by atoms with Gasteiger partial charge >= 0.3 is 0 Å². The summed E-state index contributed by atoms with van der Waals surface area (Å²) in [6, 6.07) is 7.42. The van der Waals surface area contributed by atoms with Gasteiger partial charge in [-0.25, -0.2) is 15.0 Å². The molecule has 2 saturated heterocycles. The average molecular weight is 505 g/mol. The highest BCUT2D eigenvalue weighted by Crippen LogP contribution is 2.40. The second-order valence-electron chi connectivity index (χ2n) is 10.4. The molecule has 1 aromatic carbocycles. The molecule has 2 aromatic heterocycles. The number of rotatable bonds is 8. The fraction of sp³-hybridized carbons (Fsp3) is 0.481. The van der Waals surface area contributed by atoms with Crippen molar-refractivity contribution in [3.8, 4) is 5.75 Å². The molecule has 194 valence electrons. The molecule has 37 heavy (non-hydrogen) atoms. The average Bonchev–Trinajstić information content (AvgIpc) is 3.34. The van der Waals surface area contributed by atoms with E-state index >= 15 is 0 Å². The fourth-order valence-corrected chi connectivity index (χ4v) is 5.58. The number of anilines is 1. The highest BCUT2D eigenvalue weighted by Gasteiger charge is 2.38. The summed E-state index contributed by atoms with van der Waals surface area (Å²) < 4.78 is 11.2. The molecule has 1 amide bonds. The summed E-state index contributed by atoms with van der Waals surface area (Å²) >= 11 is 0. The number of hydrogen-bond acceptors (Lipinski definition) is 9. The number of nitrogens with one attached hydrogen (secondary N) is 2. The van der Waals surface area contributed by atoms with Gasteiger partial charge in [-0.3, -0.25) is 4.79 Å². The van der Waals surface area contributed by atoms with Gasteiger partial charge in [0.15, 0.2) is 12.2 Å². The minimum Gasteiger partial charge on any atom is -0.486 e. The van der Waals surface area contributed by atoms with Gasteiger partial charge in [-0.1, -0.05) is 6.07 Å². The number of aliphatic hydroxyl groups is 1. The van der Waals surface area contributed by atoms with Gasteiger partial charge in [0, 0.05) is 38.4 Å². The molecule has 3 aliphatic heterocycles. The van der Waals surface area contributed by atoms with Crippen LogP contribution in [0.4, 0.5) is 5.95 Å². The lowest BCUT2D eigenvalue weighted by Gasteiger charge is -2.47. The van der Waals surface area contributed by atoms with Crippen molar-refractivity contribution in [2.45, 2.75) is 51.5 Å². The van der Waals surface area contributed by atoms with Crippen LogP contribution in [0.2, 0.25) is 0 Å². The zero-order valence-electron chi connectivity index (χ0n) is 20.9. The van der Waals surface area contributed by atoms with Gasteiger partial charge < -0.3 is 29.8 Å². The van der Waals surface area contributed by atoms with E-state index in [-0.39, 0.29) is 18.5 Å². The van der Waals surface area contributed by atoms with E-state index in [1.54, 1.807) is 12.3 Å². The Morgan fingerprint density at radius 1 is 1.24 bits per heavy atom. The number of carbonyl (C=O) groups excluding carboxylic acids is 1. The summed E-state index contributed by atoms with van der Waals surface area (Å²) in [4.78, 5) is 27.9. The van der Waals surface area contributed by atoms with Crippen LogP contribution in [0, 0.1) is 18.8 Å². The first-order valence-corrected chi connectivity index (χ1v) is 12.9. The highest BCUT2D eigenvalue weighted by molar-refractivity contribution is 5.92. The normalized spacial score (nSPS) is 23.1. The van der Waals surface area contributed by atoms with E-state index in [9.17, 15) is 9.90 Å². The second-order valence-corrected chi connectivity index (χ2v) is 10.4. The minimum absolute atomic E-state index is 0.136. The zero-order valence-corrected chi connectivity index (χ0v) is 20.9. The molecule has 5 heterocycles. The van der Waals surface area contributed by atoms with Crippen LogP contribution >= 0.6 is 0 Å². The number of carbonyl (C=O) groups is 1. The van der Waals surface area contributed by atoms with Gasteiger partial charge in [0.2, 0.25) is 5.95 Å². The van der Waals surface area contributed by atoms with Crippen LogP contribution in [0.5, 0.6) is 5.75 Å². The first-order chi connectivity index (χ1) is 18.0. The summed E-state index contributed by atoms with van der Waals surface area (Å²) in [6.45, 7) is 4.88. The molecule has 0 unspecified atom stereocenters. The number of hydrogen-bond donors (Lipinski definition) is 3. The molecule has 3 aromatic rings. The van der Waals surface area contributed by atoms with E-state index in [4.69, 9.17) is 9.15 Å². The maximum atomic E-state index is 12.8. The van der Waals surface area contributed by atoms with E-state index in [0.717, 1.165) is 47.5 Å². The SMILES string of the molecule is Cc1ncoc1COc1ccc2c(c1)CN[C@H]([C@H](O)CNC(=O)c1ccnc(N3CC4CC(C4)C3)n1)C2. The van der Waals surface area contributed by atoms with E-state index in [1.165, 1.54) is 19.2 Å². The standard InChI is InChI=1S/C27H32N6O4/c1-16-25(37-15-31-16)14-36-21-3-2-19-9-23(29-10-20(19)8-21)24(34)11-30-26(35)22-4-5-28-27(32-22)33-12-17-6-18(7-17)13-33/h2-5,8,15,17-18,23-24,29,34H,6-7,9-14H2,1H3,(H,30,35)/t17?,18?,23-,24+/m0/s1. The van der Waals surface area contributed by atoms with Gasteiger partial charge in [-0.15, -0.1) is 0 Å². The third kappa shape index (κ3) is 5.17. The summed E-state index contributed by atoms with van der Waals surface area (Å²) in [7, 11) is 0. The Labute approximate surface area is 215 Å². The van der Waals surface area contributed by atoms with Crippen molar-refractivity contribution in [3.63, 3.8) is 0 Å². The van der Waals surface area contributed by atoms with Crippen LogP contribution in [-0.4, -0.2) is 57.7 Å². The van der Waals surface area contributed by atoms with Crippen molar-refractivity contribution < 1.29 is 19.1 Å². The number of fused-ring (bicyclic) bond motifs is 3. The van der Waals surface area contributed by atoms with Crippen molar-refractivity contribution in [3.05, 3.63) is 65.1 Å². The third-order valence-electron chi connectivity index (χ3n) is 7.77. The molecule has 3 N–H and O–H groups in total. The van der Waals surface area contributed by atoms with E-state index in [0.29, 0.717) is 37.0 Å². The minimum atomic E-state index is -0.738. The van der Waals surface area contributed by atoms with Crippen molar-refractivity contribution in [1.29, 1.82) is 0 Å². The first kappa shape index (κ1) is 23.9. The predicted octanol–water partition coefficient (Wildman–Crippen LogP) is 2.00. The maximum absolute atomic E-state index is 12.8. The zero-order chi connectivity index (χ0) is 25.4. The van der Waals surface area contributed by atoms with Crippen LogP contribution in [0.15, 0.2) is 41.3 Å². The number of aromatic nitrogens is 3. The molecule has 0 radical (unpaired) electrons. The van der Waals surface area contributed by atoms with Crippen LogP contribution < -0.4 is 20.3 Å². The Balaban J connectivity index is 1.01. The largest absolute Gasteiger partial charge is 0.486 e. The van der Waals surface area contributed by atoms with Crippen molar-refractivity contribution in [2.75, 3.05) is 24.5 Å². The van der Waals surface area contributed by atoms with Gasteiger partial charge in [-0.05, 0) is 67.3 Å². The lowest BCUT2D eigenvalue weighted by molar-refractivity contribution is 0.0865. The summed E-state index contributed by atoms with van der Waals surface area (Å²) in [5.41, 5.74) is 3.42. The lowest BCUT2D eigenvalue weighted by atomic mass is 9.71. The summed E-state index contributed by atoms with van der Waals surface area (Å²) in [5.74, 6) is 3.24. The molecule has 4 aliphatic rings. The number of piperidine rings is 2. The van der Waals surface area contributed by atoms with Gasteiger partial charge in [0.1, 0.15) is 18.1 Å². The van der Waals surface area contributed by atoms with Crippen LogP contribution in [0.3, 0.4) is 0 Å². The molecule has 2 atom stereocenters. The number of aliphatic hydroxyl groups excluding tert-OH is 1. The van der Waals surface area contributed by atoms with E-state index in [1.807, 2.05) is 25.1 Å². The van der Waals surface area contributed by atoms with Crippen LogP contribution in [0.1, 0.15) is 45.9 Å². The predicted molar refractivity (Wildman–Crippen MR) is 135 cm³/mol. The fourth-order valence-electron chi connectivity index (χ4n) is 5.58. The molecular weight excluding hydrogens is 472 g/mol. The maximum Gasteiger partial charge on any atom is 0.270 e. The number of amides is 1. The molecule has 1 saturated carbocycles. The third-order valence-corrected chi connectivity index (χ3v) is 7.77. The van der Waals surface area contributed by atoms with Crippen molar-refractivity contribution in [2.24, 2.45) is 11.8 Å². The Kier molecular flexibility index (Phi) is 6.52. The number of benzene rings is 1. The molecule has 2 bridgehead atoms. The Bertz CT molecular complexity index is 1260. The lowest BCUT2D eigenvalue weighted by Crippen LogP contribution is -2.49. The molecule has 10 nitrogen and oxygen atoms in total. The number of aryl methyl sites for hydroxylation is 1. The Hall–Kier alpha value is -3.50. The van der Waals surface area contributed by atoms with Gasteiger partial charge in [0.05, 0.1) is 11.8 Å². The van der Waals surface area contributed by atoms with Gasteiger partial charge in [-0.2, -0.15) is 0 Å². The number of oxazole rings is 1. The van der Waals surface area contributed by atoms with E-state index in [2.05, 4.69) is 30.5 Å². The van der Waals surface area contributed by atoms with Crippen LogP contribution in [0.25, 0.3) is 0 Å². The Morgan fingerprint density at radius 3 is 2.86 bits per heavy atom. The quantitative estimate of drug-likeness (QED) is 0.422. The topological polar surface area (TPSA) is 126 Å². The second kappa shape index (κ2) is 10.1. The molecule has 0 spiro atoms. The van der Waals surface area contributed by atoms with Crippen LogP contribution in [-0.2, 0) is 19.6 Å². The van der Waals surface area contributed by atoms with E-state index < -0.39 is 6.10 Å². The molecule has 1 aliphatic carbocycles. The summed E-state index contributed by atoms with van der Waals surface area (Å²) in [5, 5.41) is 17.0. The summed E-state index contributed by atoms with van der Waals surface area (Å²) in [6.07, 6.45) is 5.57. The number of ether oxygens (including phenoxy) is 1. The Morgan fingerprint density at radius 2 is 2.08 bits per heavy atom. The highest BCUT2D eigenvalue weighted by atomic mass is 16.5. The number of nitrogens with zero attached hydrogens (tertiary/aromatic N) is 4. The molecule has 10 heteroatoms. The first-order valence-electron chi connectivity index (χ1n) is 12.9. The van der Waals surface area contributed by atoms with Crippen molar-refractivity contribution >= 4 is 11.9 Å². The monoisotopic (exact) mass is 504 g/mol. The molecule has 7 rings (SSSR count). The molecule has 3 fully saturated rings.